The van der Waals surface area contributed by atoms with Gasteiger partial charge in [-0.25, -0.2) is 4.98 Å². The van der Waals surface area contributed by atoms with Crippen molar-refractivity contribution in [3.63, 3.8) is 0 Å². The van der Waals surface area contributed by atoms with E-state index in [4.69, 9.17) is 27.3 Å². The summed E-state index contributed by atoms with van der Waals surface area (Å²) in [5, 5.41) is 9.38. The number of nitrogens with two attached hydrogens (primary N) is 1. The predicted molar refractivity (Wildman–Crippen MR) is 64.9 cm³/mol. The first-order valence-corrected chi connectivity index (χ1v) is 5.16. The molecule has 0 amide bonds. The van der Waals surface area contributed by atoms with E-state index < -0.39 is 0 Å². The second-order valence-corrected chi connectivity index (χ2v) is 3.68. The van der Waals surface area contributed by atoms with Gasteiger partial charge in [0.1, 0.15) is 6.07 Å². The Morgan fingerprint density at radius 2 is 2.12 bits per heavy atom. The summed E-state index contributed by atoms with van der Waals surface area (Å²) in [5.74, 6) is 0.756. The average molecular weight is 246 g/mol. The number of hydrogen-bond donors (Lipinski definition) is 1. The molecular formula is C12H8ClN3O. The quantitative estimate of drug-likeness (QED) is 0.826. The fraction of sp³-hybridized carbons (Fsp3) is 0. The number of benzene rings is 1. The van der Waals surface area contributed by atoms with Crippen molar-refractivity contribution in [1.29, 1.82) is 5.26 Å². The van der Waals surface area contributed by atoms with E-state index in [1.165, 1.54) is 6.20 Å². The van der Waals surface area contributed by atoms with E-state index in [9.17, 15) is 0 Å². The van der Waals surface area contributed by atoms with Crippen LogP contribution in [0, 0.1) is 11.3 Å². The van der Waals surface area contributed by atoms with E-state index in [-0.39, 0.29) is 5.69 Å². The number of pyridine rings is 1. The molecular weight excluding hydrogens is 238 g/mol. The van der Waals surface area contributed by atoms with Crippen LogP contribution >= 0.6 is 11.6 Å². The summed E-state index contributed by atoms with van der Waals surface area (Å²) in [6.07, 6.45) is 1.52. The van der Waals surface area contributed by atoms with Gasteiger partial charge in [-0.05, 0) is 24.3 Å². The Morgan fingerprint density at radius 1 is 1.29 bits per heavy atom. The van der Waals surface area contributed by atoms with Gasteiger partial charge in [0.2, 0.25) is 0 Å². The first kappa shape index (κ1) is 11.2. The monoisotopic (exact) mass is 245 g/mol. The molecule has 2 rings (SSSR count). The number of aromatic nitrogens is 1. The Morgan fingerprint density at radius 3 is 2.88 bits per heavy atom. The van der Waals surface area contributed by atoms with Crippen molar-refractivity contribution in [1.82, 2.24) is 4.98 Å². The highest BCUT2D eigenvalue weighted by atomic mass is 35.5. The molecule has 1 aromatic heterocycles. The number of hydrogen-bond acceptors (Lipinski definition) is 4. The summed E-state index contributed by atoms with van der Waals surface area (Å²) in [4.78, 5) is 3.89. The molecule has 1 aromatic carbocycles. The van der Waals surface area contributed by atoms with Crippen molar-refractivity contribution in [2.75, 3.05) is 5.73 Å². The van der Waals surface area contributed by atoms with Crippen LogP contribution in [-0.2, 0) is 0 Å². The Hall–Kier alpha value is -2.25. The molecule has 0 aliphatic rings. The number of ether oxygens (including phenoxy) is 1. The van der Waals surface area contributed by atoms with Crippen LogP contribution in [0.4, 0.5) is 5.69 Å². The standard InChI is InChI=1S/C12H8ClN3O/c13-8-3-4-9(15)12(6-8)17-11-2-1-5-16-10(11)7-14/h1-6H,15H2. The van der Waals surface area contributed by atoms with Crippen molar-refractivity contribution in [3.8, 4) is 17.6 Å². The molecule has 0 aliphatic carbocycles. The summed E-state index contributed by atoms with van der Waals surface area (Å²) in [5.41, 5.74) is 6.39. The maximum Gasteiger partial charge on any atom is 0.183 e. The first-order valence-electron chi connectivity index (χ1n) is 4.78. The fourth-order valence-electron chi connectivity index (χ4n) is 1.27. The summed E-state index contributed by atoms with van der Waals surface area (Å²) in [7, 11) is 0. The third-order valence-electron chi connectivity index (χ3n) is 2.07. The molecule has 0 atom stereocenters. The van der Waals surface area contributed by atoms with Crippen molar-refractivity contribution in [3.05, 3.63) is 47.2 Å². The molecule has 0 unspecified atom stereocenters. The SMILES string of the molecule is N#Cc1ncccc1Oc1cc(Cl)ccc1N. The predicted octanol–water partition coefficient (Wildman–Crippen LogP) is 2.98. The zero-order chi connectivity index (χ0) is 12.3. The Balaban J connectivity index is 2.38. The largest absolute Gasteiger partial charge is 0.452 e. The third-order valence-corrected chi connectivity index (χ3v) is 2.31. The maximum absolute atomic E-state index is 8.87. The number of rotatable bonds is 2. The second kappa shape index (κ2) is 4.73. The normalized spacial score (nSPS) is 9.65. The number of anilines is 1. The molecule has 0 spiro atoms. The van der Waals surface area contributed by atoms with E-state index in [2.05, 4.69) is 4.98 Å². The first-order chi connectivity index (χ1) is 8.20. The molecule has 17 heavy (non-hydrogen) atoms. The van der Waals surface area contributed by atoms with Crippen molar-refractivity contribution >= 4 is 17.3 Å². The lowest BCUT2D eigenvalue weighted by Crippen LogP contribution is -1.94. The smallest absolute Gasteiger partial charge is 0.183 e. The highest BCUT2D eigenvalue weighted by molar-refractivity contribution is 6.30. The second-order valence-electron chi connectivity index (χ2n) is 3.25. The number of nitrogen functional groups attached to an aromatic ring is 1. The summed E-state index contributed by atoms with van der Waals surface area (Å²) < 4.78 is 5.52. The molecule has 0 saturated carbocycles. The number of halogens is 1. The fourth-order valence-corrected chi connectivity index (χ4v) is 1.43. The Labute approximate surface area is 103 Å². The molecule has 0 bridgehead atoms. The van der Waals surface area contributed by atoms with Gasteiger partial charge in [-0.3, -0.25) is 0 Å². The van der Waals surface area contributed by atoms with Crippen LogP contribution in [0.25, 0.3) is 0 Å². The molecule has 4 nitrogen and oxygen atoms in total. The van der Waals surface area contributed by atoms with Crippen LogP contribution in [0.15, 0.2) is 36.5 Å². The van der Waals surface area contributed by atoms with Crippen LogP contribution < -0.4 is 10.5 Å². The lowest BCUT2D eigenvalue weighted by Gasteiger charge is -2.09. The van der Waals surface area contributed by atoms with Crippen LogP contribution in [0.2, 0.25) is 5.02 Å². The zero-order valence-corrected chi connectivity index (χ0v) is 9.48. The molecule has 0 saturated heterocycles. The lowest BCUT2D eigenvalue weighted by molar-refractivity contribution is 0.481. The average Bonchev–Trinajstić information content (AvgIpc) is 2.34. The van der Waals surface area contributed by atoms with Gasteiger partial charge in [-0.2, -0.15) is 5.26 Å². The molecule has 2 N–H and O–H groups in total. The third kappa shape index (κ3) is 2.47. The van der Waals surface area contributed by atoms with Crippen molar-refractivity contribution in [2.24, 2.45) is 0 Å². The Bertz CT molecular complexity index is 593. The van der Waals surface area contributed by atoms with E-state index in [0.29, 0.717) is 22.2 Å². The van der Waals surface area contributed by atoms with E-state index >= 15 is 0 Å². The number of nitrogens with zero attached hydrogens (tertiary/aromatic N) is 2. The van der Waals surface area contributed by atoms with Gasteiger partial charge in [-0.1, -0.05) is 11.6 Å². The molecule has 2 aromatic rings. The maximum atomic E-state index is 8.87. The van der Waals surface area contributed by atoms with Crippen LogP contribution in [0.5, 0.6) is 11.5 Å². The zero-order valence-electron chi connectivity index (χ0n) is 8.72. The van der Waals surface area contributed by atoms with Crippen LogP contribution in [-0.4, -0.2) is 4.98 Å². The van der Waals surface area contributed by atoms with Gasteiger partial charge >= 0.3 is 0 Å². The molecule has 0 radical (unpaired) electrons. The van der Waals surface area contributed by atoms with E-state index in [0.717, 1.165) is 0 Å². The Kier molecular flexibility index (Phi) is 3.12. The highest BCUT2D eigenvalue weighted by Gasteiger charge is 2.07. The number of nitriles is 1. The van der Waals surface area contributed by atoms with E-state index in [1.807, 2.05) is 6.07 Å². The molecule has 0 fully saturated rings. The molecule has 0 aliphatic heterocycles. The van der Waals surface area contributed by atoms with Crippen molar-refractivity contribution in [2.45, 2.75) is 0 Å². The minimum Gasteiger partial charge on any atom is -0.452 e. The van der Waals surface area contributed by atoms with Gasteiger partial charge in [-0.15, -0.1) is 0 Å². The van der Waals surface area contributed by atoms with Gasteiger partial charge in [0.05, 0.1) is 5.69 Å². The van der Waals surface area contributed by atoms with Crippen LogP contribution in [0.1, 0.15) is 5.69 Å². The van der Waals surface area contributed by atoms with Gasteiger partial charge in [0.25, 0.3) is 0 Å². The lowest BCUT2D eigenvalue weighted by atomic mass is 10.3. The summed E-state index contributed by atoms with van der Waals surface area (Å²) in [6, 6.07) is 10.2. The molecule has 1 heterocycles. The summed E-state index contributed by atoms with van der Waals surface area (Å²) in [6.45, 7) is 0. The van der Waals surface area contributed by atoms with Crippen LogP contribution in [0.3, 0.4) is 0 Å². The van der Waals surface area contributed by atoms with Gasteiger partial charge < -0.3 is 10.5 Å². The topological polar surface area (TPSA) is 71.9 Å². The highest BCUT2D eigenvalue weighted by Crippen LogP contribution is 2.30. The minimum atomic E-state index is 0.201. The van der Waals surface area contributed by atoms with Gasteiger partial charge in [0, 0.05) is 17.3 Å². The summed E-state index contributed by atoms with van der Waals surface area (Å²) >= 11 is 5.84. The van der Waals surface area contributed by atoms with Gasteiger partial charge in [0.15, 0.2) is 17.2 Å². The van der Waals surface area contributed by atoms with Crippen molar-refractivity contribution < 1.29 is 4.74 Å². The molecule has 84 valence electrons. The molecule has 5 heteroatoms. The minimum absolute atomic E-state index is 0.201. The van der Waals surface area contributed by atoms with E-state index in [1.54, 1.807) is 30.3 Å².